The Balaban J connectivity index is 1.97. The predicted molar refractivity (Wildman–Crippen MR) is 91.6 cm³/mol. The molecule has 2 rings (SSSR count). The average molecular weight is 368 g/mol. The van der Waals surface area contributed by atoms with Crippen LogP contribution in [0.1, 0.15) is 23.0 Å². The van der Waals surface area contributed by atoms with Crippen LogP contribution in [-0.4, -0.2) is 38.9 Å². The van der Waals surface area contributed by atoms with Crippen LogP contribution in [0.5, 0.6) is 5.75 Å². The van der Waals surface area contributed by atoms with Crippen molar-refractivity contribution in [2.45, 2.75) is 18.8 Å². The molecule has 0 aliphatic rings. The number of ether oxygens (including phenoxy) is 1. The second-order valence-corrected chi connectivity index (χ2v) is 7.23. The number of aliphatic hydroxyl groups is 1. The van der Waals surface area contributed by atoms with Crippen molar-refractivity contribution in [3.05, 3.63) is 40.9 Å². The van der Waals surface area contributed by atoms with E-state index in [1.807, 2.05) is 0 Å². The van der Waals surface area contributed by atoms with Crippen LogP contribution in [0.2, 0.25) is 0 Å². The number of nitrogens with one attached hydrogen (secondary N) is 1. The zero-order valence-corrected chi connectivity index (χ0v) is 14.6. The van der Waals surface area contributed by atoms with Crippen LogP contribution >= 0.6 is 11.3 Å². The molecule has 1 aromatic heterocycles. The molecule has 2 atom stereocenters. The van der Waals surface area contributed by atoms with Gasteiger partial charge in [-0.05, 0) is 31.2 Å². The first-order chi connectivity index (χ1) is 11.3. The summed E-state index contributed by atoms with van der Waals surface area (Å²) in [4.78, 5) is 27.6. The van der Waals surface area contributed by atoms with Gasteiger partial charge in [0.2, 0.25) is 0 Å². The molecule has 0 radical (unpaired) electrons. The number of thiazole rings is 1. The van der Waals surface area contributed by atoms with Gasteiger partial charge in [-0.1, -0.05) is 11.2 Å². The minimum atomic E-state index is -1.22. The van der Waals surface area contributed by atoms with Crippen molar-refractivity contribution < 1.29 is 24.0 Å². The van der Waals surface area contributed by atoms with Crippen LogP contribution in [-0.2, 0) is 21.7 Å². The Morgan fingerprint density at radius 2 is 2.08 bits per heavy atom. The molecule has 24 heavy (non-hydrogen) atoms. The molecular formula is C15H16N2O5S2. The number of carbonyl (C=O) groups is 2. The number of carbonyl (C=O) groups excluding carboxylic acids is 2. The number of benzene rings is 1. The van der Waals surface area contributed by atoms with Gasteiger partial charge in [-0.2, -0.15) is 0 Å². The fourth-order valence-electron chi connectivity index (χ4n) is 1.68. The number of hydrogen-bond donors (Lipinski definition) is 2. The molecule has 0 aliphatic carbocycles. The van der Waals surface area contributed by atoms with Gasteiger partial charge in [0.25, 0.3) is 5.91 Å². The highest BCUT2D eigenvalue weighted by Gasteiger charge is 2.13. The summed E-state index contributed by atoms with van der Waals surface area (Å²) in [5.74, 6) is -0.549. The summed E-state index contributed by atoms with van der Waals surface area (Å²) in [6, 6.07) is 5.91. The molecule has 7 nitrogen and oxygen atoms in total. The Morgan fingerprint density at radius 1 is 1.42 bits per heavy atom. The quantitative estimate of drug-likeness (QED) is 0.455. The fraction of sp³-hybridized carbons (Fsp3) is 0.267. The number of esters is 1. The average Bonchev–Trinajstić information content (AvgIpc) is 2.94. The summed E-state index contributed by atoms with van der Waals surface area (Å²) in [6.45, 7) is 1.31. The largest absolute Gasteiger partial charge is 0.616 e. The van der Waals surface area contributed by atoms with E-state index in [0.717, 1.165) is 0 Å². The van der Waals surface area contributed by atoms with Crippen LogP contribution in [0.3, 0.4) is 0 Å². The van der Waals surface area contributed by atoms with Crippen LogP contribution in [0.15, 0.2) is 29.6 Å². The molecular weight excluding hydrogens is 352 g/mol. The Kier molecular flexibility index (Phi) is 6.32. The number of aliphatic hydroxyl groups excluding tert-OH is 1. The lowest BCUT2D eigenvalue weighted by Gasteiger charge is -2.07. The van der Waals surface area contributed by atoms with Crippen molar-refractivity contribution in [3.8, 4) is 5.75 Å². The first-order valence-corrected chi connectivity index (χ1v) is 9.51. The Hall–Kier alpha value is -1.94. The molecule has 1 aromatic carbocycles. The highest BCUT2D eigenvalue weighted by molar-refractivity contribution is 7.89. The molecule has 2 aromatic rings. The summed E-state index contributed by atoms with van der Waals surface area (Å²) < 4.78 is 16.1. The zero-order chi connectivity index (χ0) is 17.7. The van der Waals surface area contributed by atoms with Crippen LogP contribution in [0.25, 0.3) is 0 Å². The third kappa shape index (κ3) is 5.31. The number of rotatable bonds is 6. The molecule has 0 spiro atoms. The maximum Gasteiger partial charge on any atom is 0.340 e. The summed E-state index contributed by atoms with van der Waals surface area (Å²) in [5.41, 5.74) is 1.03. The van der Waals surface area contributed by atoms with Gasteiger partial charge >= 0.3 is 5.97 Å². The third-order valence-electron chi connectivity index (χ3n) is 2.80. The van der Waals surface area contributed by atoms with E-state index in [-0.39, 0.29) is 11.7 Å². The molecule has 9 heteroatoms. The van der Waals surface area contributed by atoms with E-state index >= 15 is 0 Å². The van der Waals surface area contributed by atoms with Gasteiger partial charge in [0, 0.05) is 10.9 Å². The van der Waals surface area contributed by atoms with E-state index in [1.165, 1.54) is 42.5 Å². The van der Waals surface area contributed by atoms with Crippen molar-refractivity contribution in [1.29, 1.82) is 0 Å². The summed E-state index contributed by atoms with van der Waals surface area (Å²) in [7, 11) is 0. The van der Waals surface area contributed by atoms with Gasteiger partial charge in [0.05, 0.1) is 6.26 Å². The Labute approximate surface area is 145 Å². The number of aromatic nitrogens is 1. The van der Waals surface area contributed by atoms with Gasteiger partial charge in [0.1, 0.15) is 23.3 Å². The molecule has 0 aliphatic heterocycles. The minimum absolute atomic E-state index is 0.236. The minimum Gasteiger partial charge on any atom is -0.616 e. The topological polar surface area (TPSA) is 112 Å². The third-order valence-corrected chi connectivity index (χ3v) is 4.31. The van der Waals surface area contributed by atoms with Crippen molar-refractivity contribution >= 4 is 39.5 Å². The smallest absolute Gasteiger partial charge is 0.340 e. The first-order valence-electron chi connectivity index (χ1n) is 6.90. The highest BCUT2D eigenvalue weighted by atomic mass is 32.2. The first kappa shape index (κ1) is 18.4. The monoisotopic (exact) mass is 368 g/mol. The van der Waals surface area contributed by atoms with E-state index < -0.39 is 23.2 Å². The van der Waals surface area contributed by atoms with Crippen molar-refractivity contribution in [3.63, 3.8) is 0 Å². The molecule has 1 heterocycles. The fourth-order valence-corrected chi connectivity index (χ4v) is 3.06. The number of nitrogens with zero attached hydrogens (tertiary/aromatic N) is 1. The van der Waals surface area contributed by atoms with Gasteiger partial charge in [-0.3, -0.25) is 10.1 Å². The summed E-state index contributed by atoms with van der Waals surface area (Å²) >= 11 is 0.264. The van der Waals surface area contributed by atoms with E-state index in [4.69, 9.17) is 9.84 Å². The lowest BCUT2D eigenvalue weighted by molar-refractivity contribution is -0.142. The highest BCUT2D eigenvalue weighted by Crippen LogP contribution is 2.19. The lowest BCUT2D eigenvalue weighted by atomic mass is 10.2. The number of anilines is 1. The van der Waals surface area contributed by atoms with Crippen LogP contribution in [0.4, 0.5) is 5.13 Å². The van der Waals surface area contributed by atoms with E-state index in [1.54, 1.807) is 11.6 Å². The van der Waals surface area contributed by atoms with Gasteiger partial charge in [0.15, 0.2) is 5.13 Å². The molecule has 1 amide bonds. The van der Waals surface area contributed by atoms with Crippen LogP contribution in [0, 0.1) is 0 Å². The number of hydrogen-bond acceptors (Lipinski definition) is 7. The van der Waals surface area contributed by atoms with Crippen molar-refractivity contribution in [2.75, 3.05) is 11.6 Å². The maximum absolute atomic E-state index is 12.1. The standard InChI is InChI=1S/C15H16N2O5S2/c1-9(18)14(20)22-12-5-3-10(4-6-12)13(19)17-15-16-11(7-23-15)8-24(2)21/h3-7,9,18H,8H2,1-2H3,(H,16,17,19)/t9-,24?/m0/s1. The van der Waals surface area contributed by atoms with Gasteiger partial charge in [-0.25, -0.2) is 9.78 Å². The second-order valence-electron chi connectivity index (χ2n) is 4.94. The molecule has 0 fully saturated rings. The summed E-state index contributed by atoms with van der Waals surface area (Å²) in [5, 5.41) is 13.9. The Bertz CT molecular complexity index is 713. The molecule has 0 bridgehead atoms. The van der Waals surface area contributed by atoms with E-state index in [2.05, 4.69) is 10.3 Å². The molecule has 0 saturated heterocycles. The summed E-state index contributed by atoms with van der Waals surface area (Å²) in [6.07, 6.45) is 0.369. The molecule has 2 N–H and O–H groups in total. The van der Waals surface area contributed by atoms with Crippen molar-refractivity contribution in [2.24, 2.45) is 0 Å². The molecule has 1 unspecified atom stereocenters. The number of amides is 1. The van der Waals surface area contributed by atoms with E-state index in [9.17, 15) is 14.1 Å². The molecule has 128 valence electrons. The zero-order valence-electron chi connectivity index (χ0n) is 13.0. The SMILES string of the molecule is C[C@H](O)C(=O)Oc1ccc(C(=O)Nc2nc(C[S+](C)[O-])cs2)cc1. The normalized spacial score (nSPS) is 13.2. The van der Waals surface area contributed by atoms with Gasteiger partial charge in [-0.15, -0.1) is 11.3 Å². The lowest BCUT2D eigenvalue weighted by Crippen LogP contribution is -2.22. The van der Waals surface area contributed by atoms with Crippen molar-refractivity contribution in [1.82, 2.24) is 4.98 Å². The maximum atomic E-state index is 12.1. The Morgan fingerprint density at radius 3 is 2.67 bits per heavy atom. The predicted octanol–water partition coefficient (Wildman–Crippen LogP) is 1.56. The van der Waals surface area contributed by atoms with Crippen LogP contribution < -0.4 is 10.1 Å². The van der Waals surface area contributed by atoms with Gasteiger partial charge < -0.3 is 14.4 Å². The molecule has 0 saturated carbocycles. The van der Waals surface area contributed by atoms with E-state index in [0.29, 0.717) is 22.1 Å². The second kappa shape index (κ2) is 8.25.